The van der Waals surface area contributed by atoms with Gasteiger partial charge in [-0.2, -0.15) is 0 Å². The highest BCUT2D eigenvalue weighted by molar-refractivity contribution is 5.97. The summed E-state index contributed by atoms with van der Waals surface area (Å²) in [6.07, 6.45) is 4.27. The molecule has 1 aromatic heterocycles. The molecule has 0 amide bonds. The molecule has 0 fully saturated rings. The predicted octanol–water partition coefficient (Wildman–Crippen LogP) is 4.15. The first-order chi connectivity index (χ1) is 13.1. The monoisotopic (exact) mass is 361 g/mol. The first-order valence-corrected chi connectivity index (χ1v) is 9.47. The van der Waals surface area contributed by atoms with E-state index in [1.54, 1.807) is 7.11 Å². The van der Waals surface area contributed by atoms with Crippen LogP contribution < -0.4 is 9.30 Å². The molecule has 4 heteroatoms. The molecule has 1 atom stereocenters. The fraction of sp³-hybridized carbons (Fsp3) is 0.304. The Labute approximate surface area is 160 Å². The van der Waals surface area contributed by atoms with Gasteiger partial charge in [-0.25, -0.2) is 9.13 Å². The lowest BCUT2D eigenvalue weighted by Crippen LogP contribution is -2.44. The van der Waals surface area contributed by atoms with E-state index < -0.39 is 0 Å². The van der Waals surface area contributed by atoms with Crippen LogP contribution >= 0.6 is 0 Å². The van der Waals surface area contributed by atoms with Crippen molar-refractivity contribution in [2.24, 2.45) is 0 Å². The number of aryl methyl sites for hydroxylation is 1. The van der Waals surface area contributed by atoms with Gasteiger partial charge in [0.2, 0.25) is 5.78 Å². The average Bonchev–Trinajstić information content (AvgIpc) is 3.30. The number of ether oxygens (including phenoxy) is 1. The highest BCUT2D eigenvalue weighted by Gasteiger charge is 2.33. The van der Waals surface area contributed by atoms with Gasteiger partial charge in [0.1, 0.15) is 11.9 Å². The highest BCUT2D eigenvalue weighted by Crippen LogP contribution is 2.26. The molecule has 0 N–H and O–H groups in total. The first kappa shape index (κ1) is 17.5. The fourth-order valence-corrected chi connectivity index (χ4v) is 3.88. The van der Waals surface area contributed by atoms with Gasteiger partial charge in [0.05, 0.1) is 20.1 Å². The van der Waals surface area contributed by atoms with Gasteiger partial charge in [-0.05, 0) is 44.5 Å². The van der Waals surface area contributed by atoms with Crippen molar-refractivity contribution in [2.45, 2.75) is 39.3 Å². The summed E-state index contributed by atoms with van der Waals surface area (Å²) in [5, 5.41) is 0. The van der Waals surface area contributed by atoms with Gasteiger partial charge < -0.3 is 4.74 Å². The van der Waals surface area contributed by atoms with E-state index in [-0.39, 0.29) is 11.8 Å². The second-order valence-electron chi connectivity index (χ2n) is 7.23. The number of carbonyl (C=O) groups is 1. The molecule has 0 saturated carbocycles. The van der Waals surface area contributed by atoms with Crippen molar-refractivity contribution in [3.63, 3.8) is 0 Å². The zero-order valence-corrected chi connectivity index (χ0v) is 16.1. The van der Waals surface area contributed by atoms with Gasteiger partial charge in [0.15, 0.2) is 11.7 Å². The maximum atomic E-state index is 13.1. The van der Waals surface area contributed by atoms with Crippen LogP contribution in [0.25, 0.3) is 11.3 Å². The van der Waals surface area contributed by atoms with Gasteiger partial charge in [0, 0.05) is 11.1 Å². The molecular formula is C23H25N2O2+. The summed E-state index contributed by atoms with van der Waals surface area (Å²) < 4.78 is 9.72. The lowest BCUT2D eigenvalue weighted by Gasteiger charge is -2.09. The van der Waals surface area contributed by atoms with Crippen molar-refractivity contribution in [1.82, 2.24) is 4.57 Å². The Bertz CT molecular complexity index is 969. The molecule has 0 bridgehead atoms. The smallest absolute Gasteiger partial charge is 0.257 e. The topological polar surface area (TPSA) is 35.1 Å². The number of methoxy groups -OCH3 is 1. The Balaban J connectivity index is 1.69. The molecule has 1 aliphatic rings. The number of rotatable bonds is 5. The molecular weight excluding hydrogens is 336 g/mol. The number of aromatic nitrogens is 2. The molecule has 3 aromatic rings. The standard InChI is InChI=1S/C23H25N2O2/c1-16-6-8-18(9-7-16)21-15-25(22-5-4-14-24(21)22)17(2)23(26)19-10-12-20(27-3)13-11-19/h6-13,15,17H,4-5,14H2,1-3H3/q+1. The summed E-state index contributed by atoms with van der Waals surface area (Å²) in [5.41, 5.74) is 4.36. The third kappa shape index (κ3) is 3.16. The number of carbonyl (C=O) groups excluding carboxylic acids is 1. The van der Waals surface area contributed by atoms with E-state index in [0.29, 0.717) is 5.56 Å². The Kier molecular flexibility index (Phi) is 4.56. The molecule has 2 aromatic carbocycles. The number of Topliss-reactive ketones (excluding diaryl/α,β-unsaturated/α-hetero) is 1. The molecule has 0 radical (unpaired) electrons. The maximum Gasteiger partial charge on any atom is 0.257 e. The number of nitrogens with zero attached hydrogens (tertiary/aromatic N) is 2. The number of hydrogen-bond acceptors (Lipinski definition) is 2. The number of fused-ring (bicyclic) bond motifs is 1. The summed E-state index contributed by atoms with van der Waals surface area (Å²) in [6.45, 7) is 5.10. The first-order valence-electron chi connectivity index (χ1n) is 9.47. The van der Waals surface area contributed by atoms with Crippen LogP contribution in [-0.4, -0.2) is 17.5 Å². The third-order valence-electron chi connectivity index (χ3n) is 5.46. The van der Waals surface area contributed by atoms with Crippen molar-refractivity contribution in [2.75, 3.05) is 7.11 Å². The van der Waals surface area contributed by atoms with E-state index >= 15 is 0 Å². The van der Waals surface area contributed by atoms with Crippen LogP contribution in [0, 0.1) is 6.92 Å². The summed E-state index contributed by atoms with van der Waals surface area (Å²) in [7, 11) is 1.63. The van der Waals surface area contributed by atoms with Crippen LogP contribution in [0.15, 0.2) is 54.7 Å². The van der Waals surface area contributed by atoms with E-state index in [1.807, 2.05) is 31.2 Å². The molecule has 1 aliphatic heterocycles. The molecule has 0 spiro atoms. The van der Waals surface area contributed by atoms with Crippen LogP contribution in [-0.2, 0) is 13.0 Å². The van der Waals surface area contributed by atoms with Crippen molar-refractivity contribution in [3.8, 4) is 17.0 Å². The minimum Gasteiger partial charge on any atom is -0.497 e. The van der Waals surface area contributed by atoms with Gasteiger partial charge in [0.25, 0.3) is 5.82 Å². The van der Waals surface area contributed by atoms with Crippen molar-refractivity contribution >= 4 is 5.78 Å². The molecule has 4 nitrogen and oxygen atoms in total. The van der Waals surface area contributed by atoms with E-state index in [0.717, 1.165) is 25.1 Å². The van der Waals surface area contributed by atoms with Crippen molar-refractivity contribution in [1.29, 1.82) is 0 Å². The van der Waals surface area contributed by atoms with Crippen LogP contribution in [0.5, 0.6) is 5.75 Å². The van der Waals surface area contributed by atoms with E-state index in [2.05, 4.69) is 46.5 Å². The molecule has 27 heavy (non-hydrogen) atoms. The summed E-state index contributed by atoms with van der Waals surface area (Å²) in [6, 6.07) is 15.7. The quantitative estimate of drug-likeness (QED) is 0.505. The molecule has 0 saturated heterocycles. The molecule has 2 heterocycles. The zero-order chi connectivity index (χ0) is 19.0. The SMILES string of the molecule is COc1ccc(C(=O)C(C)[n+]2cc(-c3ccc(C)cc3)n3c2CCC3)cc1. The fourth-order valence-electron chi connectivity index (χ4n) is 3.88. The van der Waals surface area contributed by atoms with E-state index in [4.69, 9.17) is 4.74 Å². The minimum absolute atomic E-state index is 0.124. The van der Waals surface area contributed by atoms with Gasteiger partial charge in [-0.15, -0.1) is 0 Å². The van der Waals surface area contributed by atoms with Crippen LogP contribution in [0.2, 0.25) is 0 Å². The number of imidazole rings is 1. The van der Waals surface area contributed by atoms with Crippen LogP contribution in [0.4, 0.5) is 0 Å². The Morgan fingerprint density at radius 2 is 1.81 bits per heavy atom. The molecule has 1 unspecified atom stereocenters. The Morgan fingerprint density at radius 3 is 2.48 bits per heavy atom. The normalized spacial score (nSPS) is 14.0. The lowest BCUT2D eigenvalue weighted by atomic mass is 10.0. The van der Waals surface area contributed by atoms with E-state index in [1.165, 1.54) is 22.6 Å². The largest absolute Gasteiger partial charge is 0.497 e. The molecule has 0 aliphatic carbocycles. The third-order valence-corrected chi connectivity index (χ3v) is 5.46. The van der Waals surface area contributed by atoms with Crippen molar-refractivity contribution < 1.29 is 14.1 Å². The van der Waals surface area contributed by atoms with Crippen LogP contribution in [0.3, 0.4) is 0 Å². The second-order valence-corrected chi connectivity index (χ2v) is 7.23. The van der Waals surface area contributed by atoms with E-state index in [9.17, 15) is 4.79 Å². The van der Waals surface area contributed by atoms with Gasteiger partial charge in [-0.1, -0.05) is 29.8 Å². The second kappa shape index (κ2) is 7.03. The number of hydrogen-bond donors (Lipinski definition) is 0. The number of benzene rings is 2. The maximum absolute atomic E-state index is 13.1. The summed E-state index contributed by atoms with van der Waals surface area (Å²) in [4.78, 5) is 13.1. The molecule has 138 valence electrons. The summed E-state index contributed by atoms with van der Waals surface area (Å²) >= 11 is 0. The summed E-state index contributed by atoms with van der Waals surface area (Å²) in [5.74, 6) is 2.12. The molecule has 4 rings (SSSR count). The lowest BCUT2D eigenvalue weighted by molar-refractivity contribution is -0.710. The van der Waals surface area contributed by atoms with Gasteiger partial charge in [-0.3, -0.25) is 4.79 Å². The van der Waals surface area contributed by atoms with Crippen LogP contribution in [0.1, 0.15) is 41.1 Å². The highest BCUT2D eigenvalue weighted by atomic mass is 16.5. The van der Waals surface area contributed by atoms with Gasteiger partial charge >= 0.3 is 0 Å². The average molecular weight is 361 g/mol. The zero-order valence-electron chi connectivity index (χ0n) is 16.1. The van der Waals surface area contributed by atoms with Crippen molar-refractivity contribution in [3.05, 3.63) is 71.7 Å². The minimum atomic E-state index is -0.239. The Hall–Kier alpha value is -2.88. The number of ketones is 1. The Morgan fingerprint density at radius 1 is 1.11 bits per heavy atom. The predicted molar refractivity (Wildman–Crippen MR) is 105 cm³/mol.